The summed E-state index contributed by atoms with van der Waals surface area (Å²) in [5, 5.41) is 15.5. The molecule has 0 spiro atoms. The van der Waals surface area contributed by atoms with Crippen molar-refractivity contribution in [3.8, 4) is 16.3 Å². The number of sulfonamides is 1. The van der Waals surface area contributed by atoms with E-state index in [0.717, 1.165) is 4.88 Å². The summed E-state index contributed by atoms with van der Waals surface area (Å²) in [4.78, 5) is 0.873. The van der Waals surface area contributed by atoms with Gasteiger partial charge in [-0.1, -0.05) is 12.1 Å². The van der Waals surface area contributed by atoms with Gasteiger partial charge in [0.2, 0.25) is 0 Å². The second kappa shape index (κ2) is 5.47. The van der Waals surface area contributed by atoms with Crippen molar-refractivity contribution in [2.75, 3.05) is 4.72 Å². The fourth-order valence-electron chi connectivity index (χ4n) is 2.03. The lowest BCUT2D eigenvalue weighted by atomic mass is 10.3. The van der Waals surface area contributed by atoms with E-state index in [9.17, 15) is 13.5 Å². The molecule has 0 aliphatic rings. The number of thiophene rings is 1. The zero-order chi connectivity index (χ0) is 15.7. The van der Waals surface area contributed by atoms with Crippen molar-refractivity contribution in [3.05, 3.63) is 48.0 Å². The van der Waals surface area contributed by atoms with E-state index in [2.05, 4.69) is 9.82 Å². The molecular weight excluding hydrogens is 322 g/mol. The molecule has 22 heavy (non-hydrogen) atoms. The molecule has 2 N–H and O–H groups in total. The molecule has 1 aromatic carbocycles. The average molecular weight is 335 g/mol. The number of nitrogens with one attached hydrogen (secondary N) is 1. The lowest BCUT2D eigenvalue weighted by molar-refractivity contribution is 0.475. The SMILES string of the molecule is Cn1cc(S(=O)(=O)Nc2cccc(O)c2)c(-c2cccs2)n1. The van der Waals surface area contributed by atoms with Crippen molar-refractivity contribution in [1.29, 1.82) is 0 Å². The minimum Gasteiger partial charge on any atom is -0.508 e. The predicted molar refractivity (Wildman–Crippen MR) is 85.4 cm³/mol. The Bertz CT molecular complexity index is 899. The first-order valence-electron chi connectivity index (χ1n) is 6.35. The van der Waals surface area contributed by atoms with Gasteiger partial charge in [0.1, 0.15) is 16.3 Å². The Labute approximate surface area is 131 Å². The zero-order valence-corrected chi connectivity index (χ0v) is 13.2. The summed E-state index contributed by atoms with van der Waals surface area (Å²) in [7, 11) is -2.13. The molecule has 0 saturated carbocycles. The Balaban J connectivity index is 2.03. The van der Waals surface area contributed by atoms with Gasteiger partial charge in [-0.25, -0.2) is 8.42 Å². The van der Waals surface area contributed by atoms with E-state index in [1.165, 1.54) is 34.3 Å². The first-order valence-corrected chi connectivity index (χ1v) is 8.71. The van der Waals surface area contributed by atoms with E-state index >= 15 is 0 Å². The van der Waals surface area contributed by atoms with E-state index in [1.54, 1.807) is 19.2 Å². The van der Waals surface area contributed by atoms with Crippen LogP contribution in [0.4, 0.5) is 5.69 Å². The quantitative estimate of drug-likeness (QED) is 0.768. The first kappa shape index (κ1) is 14.6. The van der Waals surface area contributed by atoms with Crippen molar-refractivity contribution in [2.24, 2.45) is 7.05 Å². The molecule has 114 valence electrons. The number of aromatic hydroxyl groups is 1. The molecule has 8 heteroatoms. The maximum absolute atomic E-state index is 12.6. The van der Waals surface area contributed by atoms with Gasteiger partial charge < -0.3 is 5.11 Å². The van der Waals surface area contributed by atoms with Gasteiger partial charge in [0, 0.05) is 19.3 Å². The molecule has 0 aliphatic heterocycles. The van der Waals surface area contributed by atoms with E-state index in [1.807, 2.05) is 17.5 Å². The number of hydrogen-bond acceptors (Lipinski definition) is 5. The number of aryl methyl sites for hydroxylation is 1. The van der Waals surface area contributed by atoms with Gasteiger partial charge >= 0.3 is 0 Å². The second-order valence-corrected chi connectivity index (χ2v) is 7.25. The Hall–Kier alpha value is -2.32. The molecule has 0 amide bonds. The lowest BCUT2D eigenvalue weighted by Gasteiger charge is -2.07. The number of benzene rings is 1. The first-order chi connectivity index (χ1) is 10.5. The van der Waals surface area contributed by atoms with Crippen LogP contribution in [-0.2, 0) is 17.1 Å². The average Bonchev–Trinajstić information content (AvgIpc) is 3.06. The topological polar surface area (TPSA) is 84.2 Å². The number of phenols is 1. The highest BCUT2D eigenvalue weighted by Gasteiger charge is 2.23. The number of rotatable bonds is 4. The van der Waals surface area contributed by atoms with E-state index in [4.69, 9.17) is 0 Å². The summed E-state index contributed by atoms with van der Waals surface area (Å²) in [5.41, 5.74) is 0.700. The minimum atomic E-state index is -3.80. The smallest absolute Gasteiger partial charge is 0.265 e. The van der Waals surface area contributed by atoms with Gasteiger partial charge in [-0.2, -0.15) is 5.10 Å². The Morgan fingerprint density at radius 2 is 2.09 bits per heavy atom. The summed E-state index contributed by atoms with van der Waals surface area (Å²) in [6.07, 6.45) is 1.46. The maximum Gasteiger partial charge on any atom is 0.265 e. The summed E-state index contributed by atoms with van der Waals surface area (Å²) >= 11 is 1.42. The standard InChI is InChI=1S/C14H13N3O3S2/c1-17-9-13(14(15-17)12-6-3-7-21-12)22(19,20)16-10-4-2-5-11(18)8-10/h2-9,16,18H,1H3. The van der Waals surface area contributed by atoms with Crippen LogP contribution in [-0.4, -0.2) is 23.3 Å². The van der Waals surface area contributed by atoms with Gasteiger partial charge in [0.15, 0.2) is 0 Å². The van der Waals surface area contributed by atoms with E-state index in [-0.39, 0.29) is 10.6 Å². The van der Waals surface area contributed by atoms with Crippen molar-refractivity contribution >= 4 is 27.0 Å². The lowest BCUT2D eigenvalue weighted by Crippen LogP contribution is -2.13. The number of anilines is 1. The third kappa shape index (κ3) is 2.83. The fraction of sp³-hybridized carbons (Fsp3) is 0.0714. The monoisotopic (exact) mass is 335 g/mol. The van der Waals surface area contributed by atoms with Crippen molar-refractivity contribution < 1.29 is 13.5 Å². The van der Waals surface area contributed by atoms with Crippen LogP contribution >= 0.6 is 11.3 Å². The highest BCUT2D eigenvalue weighted by molar-refractivity contribution is 7.92. The van der Waals surface area contributed by atoms with Crippen LogP contribution in [0.3, 0.4) is 0 Å². The third-order valence-corrected chi connectivity index (χ3v) is 5.20. The van der Waals surface area contributed by atoms with Crippen LogP contribution in [0.5, 0.6) is 5.75 Å². The maximum atomic E-state index is 12.6. The molecule has 3 rings (SSSR count). The van der Waals surface area contributed by atoms with Crippen LogP contribution in [0.15, 0.2) is 52.9 Å². The zero-order valence-electron chi connectivity index (χ0n) is 11.6. The molecule has 0 atom stereocenters. The minimum absolute atomic E-state index is 0.00938. The van der Waals surface area contributed by atoms with Crippen LogP contribution in [0.1, 0.15) is 0 Å². The summed E-state index contributed by atoms with van der Waals surface area (Å²) < 4.78 is 29.1. The van der Waals surface area contributed by atoms with Crippen molar-refractivity contribution in [2.45, 2.75) is 4.90 Å². The molecule has 2 aromatic heterocycles. The molecule has 2 heterocycles. The molecule has 0 aliphatic carbocycles. The highest BCUT2D eigenvalue weighted by Crippen LogP contribution is 2.30. The Morgan fingerprint density at radius 3 is 2.77 bits per heavy atom. The number of aromatic nitrogens is 2. The molecule has 0 bridgehead atoms. The van der Waals surface area contributed by atoms with Crippen LogP contribution in [0.25, 0.3) is 10.6 Å². The molecule has 0 radical (unpaired) electrons. The third-order valence-electron chi connectivity index (χ3n) is 2.94. The van der Waals surface area contributed by atoms with E-state index < -0.39 is 10.0 Å². The Kier molecular flexibility index (Phi) is 3.63. The molecule has 0 saturated heterocycles. The normalized spacial score (nSPS) is 11.5. The summed E-state index contributed by atoms with van der Waals surface area (Å²) in [6, 6.07) is 9.61. The second-order valence-electron chi connectivity index (χ2n) is 4.65. The van der Waals surface area contributed by atoms with Gasteiger partial charge in [-0.15, -0.1) is 11.3 Å². The van der Waals surface area contributed by atoms with Crippen LogP contribution in [0, 0.1) is 0 Å². The van der Waals surface area contributed by atoms with Gasteiger partial charge in [0.25, 0.3) is 10.0 Å². The van der Waals surface area contributed by atoms with E-state index in [0.29, 0.717) is 11.4 Å². The number of nitrogens with zero attached hydrogens (tertiary/aromatic N) is 2. The number of hydrogen-bond donors (Lipinski definition) is 2. The van der Waals surface area contributed by atoms with Crippen molar-refractivity contribution in [1.82, 2.24) is 9.78 Å². The van der Waals surface area contributed by atoms with Crippen molar-refractivity contribution in [3.63, 3.8) is 0 Å². The predicted octanol–water partition coefficient (Wildman–Crippen LogP) is 2.66. The highest BCUT2D eigenvalue weighted by atomic mass is 32.2. The van der Waals surface area contributed by atoms with Crippen LogP contribution in [0.2, 0.25) is 0 Å². The number of phenolic OH excluding ortho intramolecular Hbond substituents is 1. The van der Waals surface area contributed by atoms with Crippen LogP contribution < -0.4 is 4.72 Å². The largest absolute Gasteiger partial charge is 0.508 e. The Morgan fingerprint density at radius 1 is 1.27 bits per heavy atom. The summed E-state index contributed by atoms with van der Waals surface area (Å²) in [5.74, 6) is -0.00938. The fourth-order valence-corrected chi connectivity index (χ4v) is 4.06. The van der Waals surface area contributed by atoms with Gasteiger partial charge in [-0.05, 0) is 23.6 Å². The molecular formula is C14H13N3O3S2. The van der Waals surface area contributed by atoms with Gasteiger partial charge in [-0.3, -0.25) is 9.40 Å². The molecule has 0 fully saturated rings. The van der Waals surface area contributed by atoms with Gasteiger partial charge in [0.05, 0.1) is 10.6 Å². The molecule has 0 unspecified atom stereocenters. The molecule has 3 aromatic rings. The summed E-state index contributed by atoms with van der Waals surface area (Å²) in [6.45, 7) is 0. The molecule has 6 nitrogen and oxygen atoms in total.